The number of carbonyl (C=O) groups excluding carboxylic acids is 1. The van der Waals surface area contributed by atoms with Crippen molar-refractivity contribution in [3.05, 3.63) is 58.4 Å². The number of hydrogen-bond acceptors (Lipinski definition) is 3. The Labute approximate surface area is 145 Å². The Morgan fingerprint density at radius 2 is 1.88 bits per heavy atom. The van der Waals surface area contributed by atoms with E-state index in [1.807, 2.05) is 6.92 Å². The van der Waals surface area contributed by atoms with E-state index in [2.05, 4.69) is 10.4 Å². The molecular weight excluding hydrogens is 351 g/mol. The topological polar surface area (TPSA) is 46.9 Å². The number of hydrogen-bond donors (Lipinski definition) is 1. The lowest BCUT2D eigenvalue weighted by molar-refractivity contribution is 0.102. The van der Waals surface area contributed by atoms with Crippen LogP contribution >= 0.6 is 11.3 Å². The molecule has 8 heteroatoms. The number of anilines is 1. The fourth-order valence-electron chi connectivity index (χ4n) is 2.42. The molecule has 25 heavy (non-hydrogen) atoms. The quantitative estimate of drug-likeness (QED) is 0.734. The molecule has 2 aromatic heterocycles. The molecule has 0 aliphatic rings. The third-order valence-electron chi connectivity index (χ3n) is 3.55. The van der Waals surface area contributed by atoms with Crippen molar-refractivity contribution < 1.29 is 18.0 Å². The van der Waals surface area contributed by atoms with E-state index in [4.69, 9.17) is 0 Å². The molecule has 0 saturated heterocycles. The van der Waals surface area contributed by atoms with Crippen LogP contribution in [0.25, 0.3) is 10.6 Å². The number of halogens is 3. The van der Waals surface area contributed by atoms with Gasteiger partial charge in [0.05, 0.1) is 21.1 Å². The van der Waals surface area contributed by atoms with Gasteiger partial charge in [0.2, 0.25) is 0 Å². The van der Waals surface area contributed by atoms with Gasteiger partial charge in [0, 0.05) is 6.54 Å². The molecular formula is C17H14F3N3OS. The van der Waals surface area contributed by atoms with Gasteiger partial charge in [0.1, 0.15) is 23.1 Å². The maximum Gasteiger partial charge on any atom is 0.266 e. The van der Waals surface area contributed by atoms with Crippen LogP contribution in [0.4, 0.5) is 18.9 Å². The van der Waals surface area contributed by atoms with Crippen molar-refractivity contribution >= 4 is 22.9 Å². The van der Waals surface area contributed by atoms with E-state index < -0.39 is 29.0 Å². The summed E-state index contributed by atoms with van der Waals surface area (Å²) in [6.45, 7) is 4.20. The van der Waals surface area contributed by atoms with Gasteiger partial charge >= 0.3 is 0 Å². The highest BCUT2D eigenvalue weighted by Gasteiger charge is 2.21. The number of aryl methyl sites for hydroxylation is 2. The summed E-state index contributed by atoms with van der Waals surface area (Å²) >= 11 is 0.902. The van der Waals surface area contributed by atoms with Gasteiger partial charge in [-0.2, -0.15) is 5.10 Å². The van der Waals surface area contributed by atoms with Crippen molar-refractivity contribution in [3.63, 3.8) is 0 Å². The minimum absolute atomic E-state index is 0.0108. The van der Waals surface area contributed by atoms with Gasteiger partial charge in [-0.05, 0) is 38.1 Å². The molecule has 0 fully saturated rings. The standard InChI is InChI=1S/C17H14F3N3OS/c1-3-23-13(7-9(2)22-23)16-12(20)8-14(25-16)17(24)21-15-10(18)5-4-6-11(15)19/h4-8H,3H2,1-2H3,(H,21,24). The van der Waals surface area contributed by atoms with Crippen molar-refractivity contribution in [2.75, 3.05) is 5.32 Å². The summed E-state index contributed by atoms with van der Waals surface area (Å²) in [5.41, 5.74) is 0.722. The Bertz CT molecular complexity index is 929. The first-order valence-electron chi connectivity index (χ1n) is 7.50. The van der Waals surface area contributed by atoms with Crippen molar-refractivity contribution in [3.8, 4) is 10.6 Å². The van der Waals surface area contributed by atoms with Crippen molar-refractivity contribution in [1.82, 2.24) is 9.78 Å². The molecule has 4 nitrogen and oxygen atoms in total. The molecule has 0 aliphatic heterocycles. The molecule has 1 amide bonds. The second-order valence-electron chi connectivity index (χ2n) is 5.33. The fourth-order valence-corrected chi connectivity index (χ4v) is 3.37. The number of rotatable bonds is 4. The SMILES string of the molecule is CCn1nc(C)cc1-c1sc(C(=O)Nc2c(F)cccc2F)cc1F. The summed E-state index contributed by atoms with van der Waals surface area (Å²) in [7, 11) is 0. The maximum absolute atomic E-state index is 14.3. The Kier molecular flexibility index (Phi) is 4.63. The van der Waals surface area contributed by atoms with E-state index >= 15 is 0 Å². The normalized spacial score (nSPS) is 10.9. The Hall–Kier alpha value is -2.61. The second-order valence-corrected chi connectivity index (χ2v) is 6.38. The van der Waals surface area contributed by atoms with Gasteiger partial charge in [-0.1, -0.05) is 6.07 Å². The molecule has 1 N–H and O–H groups in total. The molecule has 3 aromatic rings. The summed E-state index contributed by atoms with van der Waals surface area (Å²) in [6.07, 6.45) is 0. The van der Waals surface area contributed by atoms with Crippen LogP contribution in [-0.4, -0.2) is 15.7 Å². The number of benzene rings is 1. The van der Waals surface area contributed by atoms with Crippen LogP contribution in [0, 0.1) is 24.4 Å². The van der Waals surface area contributed by atoms with Crippen LogP contribution < -0.4 is 5.32 Å². The lowest BCUT2D eigenvalue weighted by atomic mass is 10.2. The monoisotopic (exact) mass is 365 g/mol. The first kappa shape index (κ1) is 17.2. The molecule has 3 rings (SSSR count). The zero-order valence-corrected chi connectivity index (χ0v) is 14.3. The molecule has 0 aliphatic carbocycles. The van der Waals surface area contributed by atoms with Gasteiger partial charge < -0.3 is 5.32 Å². The average molecular weight is 365 g/mol. The van der Waals surface area contributed by atoms with Crippen LogP contribution in [0.15, 0.2) is 30.3 Å². The largest absolute Gasteiger partial charge is 0.316 e. The van der Waals surface area contributed by atoms with E-state index in [0.29, 0.717) is 12.2 Å². The maximum atomic E-state index is 14.3. The van der Waals surface area contributed by atoms with Gasteiger partial charge in [-0.15, -0.1) is 11.3 Å². The minimum atomic E-state index is -0.898. The van der Waals surface area contributed by atoms with Gasteiger partial charge in [-0.3, -0.25) is 9.48 Å². The molecule has 0 unspecified atom stereocenters. The molecule has 0 saturated carbocycles. The van der Waals surface area contributed by atoms with Crippen LogP contribution in [-0.2, 0) is 6.54 Å². The summed E-state index contributed by atoms with van der Waals surface area (Å²) in [5, 5.41) is 6.40. The highest BCUT2D eigenvalue weighted by molar-refractivity contribution is 7.17. The number of carbonyl (C=O) groups is 1. The van der Waals surface area contributed by atoms with Crippen molar-refractivity contribution in [1.29, 1.82) is 0 Å². The van der Waals surface area contributed by atoms with E-state index in [9.17, 15) is 18.0 Å². The van der Waals surface area contributed by atoms with E-state index in [1.54, 1.807) is 17.7 Å². The smallest absolute Gasteiger partial charge is 0.266 e. The third-order valence-corrected chi connectivity index (χ3v) is 4.68. The first-order chi connectivity index (χ1) is 11.9. The van der Waals surface area contributed by atoms with Crippen molar-refractivity contribution in [2.24, 2.45) is 0 Å². The molecule has 1 aromatic carbocycles. The summed E-state index contributed by atoms with van der Waals surface area (Å²) in [4.78, 5) is 12.5. The zero-order chi connectivity index (χ0) is 18.1. The second kappa shape index (κ2) is 6.72. The summed E-state index contributed by atoms with van der Waals surface area (Å²) in [5.74, 6) is -3.16. The van der Waals surface area contributed by atoms with Crippen molar-refractivity contribution in [2.45, 2.75) is 20.4 Å². The zero-order valence-electron chi connectivity index (χ0n) is 13.4. The predicted molar refractivity (Wildman–Crippen MR) is 90.2 cm³/mol. The Morgan fingerprint density at radius 1 is 1.20 bits per heavy atom. The lowest BCUT2D eigenvalue weighted by Crippen LogP contribution is -2.12. The van der Waals surface area contributed by atoms with E-state index in [-0.39, 0.29) is 9.75 Å². The molecule has 0 radical (unpaired) electrons. The first-order valence-corrected chi connectivity index (χ1v) is 8.32. The highest BCUT2D eigenvalue weighted by Crippen LogP contribution is 2.33. The molecule has 130 valence electrons. The van der Waals surface area contributed by atoms with Crippen LogP contribution in [0.1, 0.15) is 22.3 Å². The summed E-state index contributed by atoms with van der Waals surface area (Å²) < 4.78 is 43.2. The Balaban J connectivity index is 1.93. The van der Waals surface area contributed by atoms with Gasteiger partial charge in [0.15, 0.2) is 0 Å². The molecule has 2 heterocycles. The third kappa shape index (κ3) is 3.30. The van der Waals surface area contributed by atoms with Gasteiger partial charge in [0.25, 0.3) is 5.91 Å². The van der Waals surface area contributed by atoms with Gasteiger partial charge in [-0.25, -0.2) is 13.2 Å². The highest BCUT2D eigenvalue weighted by atomic mass is 32.1. The van der Waals surface area contributed by atoms with Crippen LogP contribution in [0.2, 0.25) is 0 Å². The van der Waals surface area contributed by atoms with Crippen LogP contribution in [0.3, 0.4) is 0 Å². The number of nitrogens with zero attached hydrogens (tertiary/aromatic N) is 2. The molecule has 0 atom stereocenters. The van der Waals surface area contributed by atoms with E-state index in [0.717, 1.165) is 35.2 Å². The molecule has 0 bridgehead atoms. The number of nitrogens with one attached hydrogen (secondary N) is 1. The van der Waals surface area contributed by atoms with Crippen LogP contribution in [0.5, 0.6) is 0 Å². The summed E-state index contributed by atoms with van der Waals surface area (Å²) in [6, 6.07) is 6.02. The number of thiophene rings is 1. The number of aromatic nitrogens is 2. The van der Waals surface area contributed by atoms with E-state index in [1.165, 1.54) is 6.07 Å². The Morgan fingerprint density at radius 3 is 2.52 bits per heavy atom. The minimum Gasteiger partial charge on any atom is -0.316 e. The fraction of sp³-hybridized carbons (Fsp3) is 0.176. The predicted octanol–water partition coefficient (Wildman–Crippen LogP) is 4.61. The number of para-hydroxylation sites is 1. The molecule has 0 spiro atoms. The lowest BCUT2D eigenvalue weighted by Gasteiger charge is -2.05. The number of amides is 1. The average Bonchev–Trinajstić information content (AvgIpc) is 3.13.